The van der Waals surface area contributed by atoms with E-state index in [2.05, 4.69) is 10.3 Å². The van der Waals surface area contributed by atoms with E-state index in [0.717, 1.165) is 10.6 Å². The van der Waals surface area contributed by atoms with Gasteiger partial charge in [0.15, 0.2) is 0 Å². The van der Waals surface area contributed by atoms with E-state index in [-0.39, 0.29) is 5.91 Å². The third-order valence-electron chi connectivity index (χ3n) is 3.00. The second-order valence-electron chi connectivity index (χ2n) is 4.49. The molecule has 1 N–H and O–H groups in total. The Hall–Kier alpha value is -1.88. The number of nitrogens with one attached hydrogen (secondary N) is 1. The topological polar surface area (TPSA) is 42.0 Å². The van der Waals surface area contributed by atoms with Crippen LogP contribution in [-0.4, -0.2) is 10.9 Å². The highest BCUT2D eigenvalue weighted by Gasteiger charge is 2.11. The summed E-state index contributed by atoms with van der Waals surface area (Å²) in [5.74, 6) is -0.297. The lowest BCUT2D eigenvalue weighted by Gasteiger charge is -2.07. The normalized spacial score (nSPS) is 10.5. The summed E-state index contributed by atoms with van der Waals surface area (Å²) in [6, 6.07) is 12.3. The van der Waals surface area contributed by atoms with E-state index in [1.54, 1.807) is 35.7 Å². The minimum atomic E-state index is -0.297. The molecule has 0 aliphatic carbocycles. The molecule has 22 heavy (non-hydrogen) atoms. The largest absolute Gasteiger partial charge is 0.322 e. The van der Waals surface area contributed by atoms with Crippen molar-refractivity contribution < 1.29 is 4.79 Å². The zero-order valence-corrected chi connectivity index (χ0v) is 13.5. The number of carbonyl (C=O) groups excluding carboxylic acids is 1. The van der Waals surface area contributed by atoms with E-state index in [1.807, 2.05) is 29.6 Å². The second kappa shape index (κ2) is 6.48. The Labute approximate surface area is 141 Å². The maximum Gasteiger partial charge on any atom is 0.257 e. The molecule has 2 aromatic carbocycles. The molecule has 0 radical (unpaired) electrons. The summed E-state index contributed by atoms with van der Waals surface area (Å²) in [5, 5.41) is 6.49. The van der Waals surface area contributed by atoms with Crippen molar-refractivity contribution in [2.75, 3.05) is 5.32 Å². The molecule has 3 rings (SSSR count). The summed E-state index contributed by atoms with van der Waals surface area (Å²) in [6.07, 6.45) is 1.76. The van der Waals surface area contributed by atoms with Crippen LogP contribution >= 0.6 is 34.5 Å². The van der Waals surface area contributed by atoms with Crippen molar-refractivity contribution in [3.8, 4) is 10.6 Å². The van der Waals surface area contributed by atoms with Crippen LogP contribution in [0.1, 0.15) is 10.4 Å². The fraction of sp³-hybridized carbons (Fsp3) is 0. The first-order valence-electron chi connectivity index (χ1n) is 6.40. The van der Waals surface area contributed by atoms with Crippen LogP contribution in [0.3, 0.4) is 0 Å². The number of benzene rings is 2. The lowest BCUT2D eigenvalue weighted by atomic mass is 10.2. The summed E-state index contributed by atoms with van der Waals surface area (Å²) in [4.78, 5) is 16.5. The maximum absolute atomic E-state index is 12.2. The number of aromatic nitrogens is 1. The fourth-order valence-corrected chi connectivity index (χ4v) is 2.95. The first kappa shape index (κ1) is 15.0. The van der Waals surface area contributed by atoms with Crippen LogP contribution in [-0.2, 0) is 0 Å². The molecule has 110 valence electrons. The first-order valence-corrected chi connectivity index (χ1v) is 8.03. The number of amides is 1. The van der Waals surface area contributed by atoms with Crippen molar-refractivity contribution in [3.05, 3.63) is 69.7 Å². The minimum Gasteiger partial charge on any atom is -0.322 e. The van der Waals surface area contributed by atoms with Crippen LogP contribution in [0.5, 0.6) is 0 Å². The number of hydrogen-bond acceptors (Lipinski definition) is 3. The molecule has 0 spiro atoms. The van der Waals surface area contributed by atoms with Gasteiger partial charge >= 0.3 is 0 Å². The summed E-state index contributed by atoms with van der Waals surface area (Å²) < 4.78 is 0. The van der Waals surface area contributed by atoms with Gasteiger partial charge < -0.3 is 5.32 Å². The van der Waals surface area contributed by atoms with Gasteiger partial charge in [0, 0.05) is 27.9 Å². The van der Waals surface area contributed by atoms with E-state index in [1.165, 1.54) is 0 Å². The molecular formula is C16H10Cl2N2OS. The molecule has 1 heterocycles. The van der Waals surface area contributed by atoms with Crippen LogP contribution in [0.25, 0.3) is 10.6 Å². The fourth-order valence-electron chi connectivity index (χ4n) is 1.93. The zero-order valence-electron chi connectivity index (χ0n) is 11.2. The molecule has 0 aliphatic heterocycles. The van der Waals surface area contributed by atoms with E-state index >= 15 is 0 Å². The number of thiazole rings is 1. The third kappa shape index (κ3) is 3.30. The Balaban J connectivity index is 1.78. The number of halogens is 2. The maximum atomic E-state index is 12.2. The summed E-state index contributed by atoms with van der Waals surface area (Å²) in [6.45, 7) is 0. The highest BCUT2D eigenvalue weighted by molar-refractivity contribution is 7.13. The molecule has 0 atom stereocenters. The van der Waals surface area contributed by atoms with Gasteiger partial charge in [0.2, 0.25) is 0 Å². The highest BCUT2D eigenvalue weighted by atomic mass is 35.5. The standard InChI is InChI=1S/C16H10Cl2N2OS/c17-11-3-6-14(18)13(9-11)15(21)20-12-4-1-10(2-5-12)16-19-7-8-22-16/h1-9H,(H,20,21). The number of carbonyl (C=O) groups is 1. The van der Waals surface area contributed by atoms with E-state index in [0.29, 0.717) is 21.3 Å². The molecule has 0 saturated carbocycles. The quantitative estimate of drug-likeness (QED) is 0.691. The molecular weight excluding hydrogens is 339 g/mol. The first-order chi connectivity index (χ1) is 10.6. The van der Waals surface area contributed by atoms with Crippen molar-refractivity contribution in [2.24, 2.45) is 0 Å². The molecule has 3 aromatic rings. The Kier molecular flexibility index (Phi) is 4.43. The van der Waals surface area contributed by atoms with Gasteiger partial charge in [-0.15, -0.1) is 11.3 Å². The van der Waals surface area contributed by atoms with E-state index < -0.39 is 0 Å². The predicted octanol–water partition coefficient (Wildman–Crippen LogP) is 5.37. The molecule has 0 unspecified atom stereocenters. The van der Waals surface area contributed by atoms with Gasteiger partial charge in [0.25, 0.3) is 5.91 Å². The summed E-state index contributed by atoms with van der Waals surface area (Å²) in [5.41, 5.74) is 2.04. The Bertz CT molecular complexity index is 802. The molecule has 6 heteroatoms. The van der Waals surface area contributed by atoms with Gasteiger partial charge in [0.1, 0.15) is 5.01 Å². The van der Waals surface area contributed by atoms with Crippen LogP contribution < -0.4 is 5.32 Å². The van der Waals surface area contributed by atoms with Gasteiger partial charge in [-0.1, -0.05) is 23.2 Å². The van der Waals surface area contributed by atoms with E-state index in [4.69, 9.17) is 23.2 Å². The second-order valence-corrected chi connectivity index (χ2v) is 6.23. The van der Waals surface area contributed by atoms with Gasteiger partial charge in [-0.3, -0.25) is 4.79 Å². The molecule has 3 nitrogen and oxygen atoms in total. The van der Waals surface area contributed by atoms with Crippen molar-refractivity contribution in [1.29, 1.82) is 0 Å². The lowest BCUT2D eigenvalue weighted by Crippen LogP contribution is -2.12. The molecule has 1 amide bonds. The monoisotopic (exact) mass is 348 g/mol. The smallest absolute Gasteiger partial charge is 0.257 e. The van der Waals surface area contributed by atoms with Gasteiger partial charge in [-0.05, 0) is 42.5 Å². The van der Waals surface area contributed by atoms with Crippen LogP contribution in [0, 0.1) is 0 Å². The van der Waals surface area contributed by atoms with Gasteiger partial charge in [-0.25, -0.2) is 4.98 Å². The molecule has 0 aliphatic rings. The Morgan fingerprint density at radius 1 is 1.09 bits per heavy atom. The summed E-state index contributed by atoms with van der Waals surface area (Å²) >= 11 is 13.5. The van der Waals surface area contributed by atoms with Gasteiger partial charge in [0.05, 0.1) is 10.6 Å². The van der Waals surface area contributed by atoms with Crippen molar-refractivity contribution in [1.82, 2.24) is 4.98 Å². The third-order valence-corrected chi connectivity index (χ3v) is 4.38. The number of anilines is 1. The number of nitrogens with zero attached hydrogens (tertiary/aromatic N) is 1. The van der Waals surface area contributed by atoms with Crippen LogP contribution in [0.2, 0.25) is 10.0 Å². The SMILES string of the molecule is O=C(Nc1ccc(-c2nccs2)cc1)c1cc(Cl)ccc1Cl. The minimum absolute atomic E-state index is 0.297. The van der Waals surface area contributed by atoms with Crippen molar-refractivity contribution in [3.63, 3.8) is 0 Å². The Morgan fingerprint density at radius 3 is 2.55 bits per heavy atom. The van der Waals surface area contributed by atoms with Crippen LogP contribution in [0.15, 0.2) is 54.0 Å². The van der Waals surface area contributed by atoms with Crippen molar-refractivity contribution in [2.45, 2.75) is 0 Å². The van der Waals surface area contributed by atoms with Gasteiger partial charge in [-0.2, -0.15) is 0 Å². The molecule has 1 aromatic heterocycles. The van der Waals surface area contributed by atoms with E-state index in [9.17, 15) is 4.79 Å². The highest BCUT2D eigenvalue weighted by Crippen LogP contribution is 2.25. The average molecular weight is 349 g/mol. The molecule has 0 fully saturated rings. The Morgan fingerprint density at radius 2 is 1.86 bits per heavy atom. The lowest BCUT2D eigenvalue weighted by molar-refractivity contribution is 0.102. The number of hydrogen-bond donors (Lipinski definition) is 1. The number of rotatable bonds is 3. The predicted molar refractivity (Wildman–Crippen MR) is 92.0 cm³/mol. The van der Waals surface area contributed by atoms with Crippen LogP contribution in [0.4, 0.5) is 5.69 Å². The average Bonchev–Trinajstić information content (AvgIpc) is 3.05. The molecule has 0 bridgehead atoms. The summed E-state index contributed by atoms with van der Waals surface area (Å²) in [7, 11) is 0. The van der Waals surface area contributed by atoms with Crippen molar-refractivity contribution >= 4 is 46.1 Å². The zero-order chi connectivity index (χ0) is 15.5. The molecule has 0 saturated heterocycles.